The minimum Gasteiger partial charge on any atom is -0.342 e. The van der Waals surface area contributed by atoms with E-state index in [0.717, 1.165) is 24.0 Å². The van der Waals surface area contributed by atoms with Gasteiger partial charge >= 0.3 is 6.03 Å². The van der Waals surface area contributed by atoms with E-state index in [0.29, 0.717) is 25.9 Å². The second-order valence-electron chi connectivity index (χ2n) is 8.11. The van der Waals surface area contributed by atoms with Gasteiger partial charge in [-0.05, 0) is 60.8 Å². The smallest absolute Gasteiger partial charge is 0.322 e. The molecular weight excluding hydrogens is 385 g/mol. The molecule has 1 aliphatic carbocycles. The van der Waals surface area contributed by atoms with Crippen molar-refractivity contribution in [1.29, 1.82) is 0 Å². The van der Waals surface area contributed by atoms with E-state index in [1.165, 1.54) is 6.07 Å². The van der Waals surface area contributed by atoms with Gasteiger partial charge in [-0.1, -0.05) is 18.5 Å². The van der Waals surface area contributed by atoms with Crippen molar-refractivity contribution in [2.24, 2.45) is 5.92 Å². The quantitative estimate of drug-likeness (QED) is 0.753. The van der Waals surface area contributed by atoms with Gasteiger partial charge in [0, 0.05) is 19.5 Å². The highest BCUT2D eigenvalue weighted by atomic mass is 35.5. The van der Waals surface area contributed by atoms with Crippen LogP contribution < -0.4 is 10.6 Å². The standard InChI is InChI=1S/C20H23ClFN3O3/c1-11-10-25(7-5-12-8-16(22)15(21)9-14(11)12)17(26)4-6-20(13-2-3-13)18(27)23-19(28)24-20/h8-9,11,13H,2-7,10H2,1H3,(H2,23,24,27,28)/t11?,20-/m0/s1. The van der Waals surface area contributed by atoms with Crippen LogP contribution >= 0.6 is 11.6 Å². The Kier molecular flexibility index (Phi) is 4.81. The number of urea groups is 1. The van der Waals surface area contributed by atoms with Crippen molar-refractivity contribution in [3.63, 3.8) is 0 Å². The Bertz CT molecular complexity index is 857. The Morgan fingerprint density at radius 2 is 2.11 bits per heavy atom. The van der Waals surface area contributed by atoms with Crippen LogP contribution in [0.4, 0.5) is 9.18 Å². The lowest BCUT2D eigenvalue weighted by Crippen LogP contribution is -2.50. The molecule has 2 atom stereocenters. The van der Waals surface area contributed by atoms with Crippen molar-refractivity contribution in [1.82, 2.24) is 15.5 Å². The van der Waals surface area contributed by atoms with Gasteiger partial charge in [-0.3, -0.25) is 14.9 Å². The van der Waals surface area contributed by atoms with E-state index in [4.69, 9.17) is 11.6 Å². The number of halogens is 2. The number of nitrogens with one attached hydrogen (secondary N) is 2. The third-order valence-electron chi connectivity index (χ3n) is 6.19. The molecule has 2 fully saturated rings. The molecule has 4 rings (SSSR count). The second kappa shape index (κ2) is 7.03. The van der Waals surface area contributed by atoms with E-state index in [1.807, 2.05) is 6.92 Å². The molecule has 0 spiro atoms. The SMILES string of the molecule is CC1CN(C(=O)CC[C@@]2(C3CC3)NC(=O)NC2=O)CCc2cc(F)c(Cl)cc21. The van der Waals surface area contributed by atoms with Crippen LogP contribution in [-0.2, 0) is 16.0 Å². The lowest BCUT2D eigenvalue weighted by atomic mass is 9.87. The number of benzene rings is 1. The molecule has 0 aromatic heterocycles. The summed E-state index contributed by atoms with van der Waals surface area (Å²) in [6.45, 7) is 3.00. The zero-order valence-corrected chi connectivity index (χ0v) is 16.4. The molecule has 4 amide bonds. The summed E-state index contributed by atoms with van der Waals surface area (Å²) in [7, 11) is 0. The summed E-state index contributed by atoms with van der Waals surface area (Å²) < 4.78 is 13.8. The Morgan fingerprint density at radius 3 is 2.75 bits per heavy atom. The normalized spacial score (nSPS) is 27.1. The van der Waals surface area contributed by atoms with Crippen molar-refractivity contribution in [3.8, 4) is 0 Å². The zero-order chi connectivity index (χ0) is 20.1. The van der Waals surface area contributed by atoms with Gasteiger partial charge in [0.05, 0.1) is 5.02 Å². The van der Waals surface area contributed by atoms with E-state index in [2.05, 4.69) is 10.6 Å². The minimum atomic E-state index is -0.955. The van der Waals surface area contributed by atoms with Gasteiger partial charge in [-0.2, -0.15) is 0 Å². The van der Waals surface area contributed by atoms with Crippen LogP contribution in [0.5, 0.6) is 0 Å². The average molecular weight is 408 g/mol. The summed E-state index contributed by atoms with van der Waals surface area (Å²) in [5, 5.41) is 5.17. The van der Waals surface area contributed by atoms with Crippen molar-refractivity contribution < 1.29 is 18.8 Å². The fourth-order valence-electron chi connectivity index (χ4n) is 4.49. The van der Waals surface area contributed by atoms with Gasteiger partial charge in [0.25, 0.3) is 5.91 Å². The number of hydrogen-bond acceptors (Lipinski definition) is 3. The number of imide groups is 1. The summed E-state index contributed by atoms with van der Waals surface area (Å²) in [5.41, 5.74) is 0.893. The molecule has 1 saturated heterocycles. The number of rotatable bonds is 4. The topological polar surface area (TPSA) is 78.5 Å². The van der Waals surface area contributed by atoms with Gasteiger partial charge in [0.2, 0.25) is 5.91 Å². The van der Waals surface area contributed by atoms with Crippen LogP contribution in [0.2, 0.25) is 5.02 Å². The molecule has 1 aromatic carbocycles. The van der Waals surface area contributed by atoms with Crippen LogP contribution in [0.25, 0.3) is 0 Å². The summed E-state index contributed by atoms with van der Waals surface area (Å²) in [4.78, 5) is 38.6. The largest absolute Gasteiger partial charge is 0.342 e. The molecule has 28 heavy (non-hydrogen) atoms. The summed E-state index contributed by atoms with van der Waals surface area (Å²) in [5.74, 6) is -0.688. The van der Waals surface area contributed by atoms with Crippen molar-refractivity contribution in [3.05, 3.63) is 34.1 Å². The molecule has 0 bridgehead atoms. The number of carbonyl (C=O) groups excluding carboxylic acids is 3. The Balaban J connectivity index is 1.44. The second-order valence-corrected chi connectivity index (χ2v) is 8.52. The van der Waals surface area contributed by atoms with Crippen molar-refractivity contribution >= 4 is 29.4 Å². The lowest BCUT2D eigenvalue weighted by Gasteiger charge is -2.28. The third kappa shape index (κ3) is 3.36. The highest BCUT2D eigenvalue weighted by molar-refractivity contribution is 6.30. The fraction of sp³-hybridized carbons (Fsp3) is 0.550. The van der Waals surface area contributed by atoms with Gasteiger partial charge in [0.15, 0.2) is 0 Å². The van der Waals surface area contributed by atoms with E-state index in [-0.39, 0.29) is 35.1 Å². The predicted octanol–water partition coefficient (Wildman–Crippen LogP) is 2.74. The van der Waals surface area contributed by atoms with Crippen molar-refractivity contribution in [2.45, 2.75) is 50.5 Å². The molecule has 3 aliphatic rings. The highest BCUT2D eigenvalue weighted by Gasteiger charge is 2.55. The molecule has 6 nitrogen and oxygen atoms in total. The van der Waals surface area contributed by atoms with E-state index in [1.54, 1.807) is 11.0 Å². The molecular formula is C20H23ClFN3O3. The number of hydrogen-bond donors (Lipinski definition) is 2. The molecule has 150 valence electrons. The Labute approximate surface area is 167 Å². The maximum Gasteiger partial charge on any atom is 0.322 e. The van der Waals surface area contributed by atoms with Crippen molar-refractivity contribution in [2.75, 3.05) is 13.1 Å². The molecule has 1 unspecified atom stereocenters. The van der Waals surface area contributed by atoms with Crippen LogP contribution in [0, 0.1) is 11.7 Å². The predicted molar refractivity (Wildman–Crippen MR) is 101 cm³/mol. The van der Waals surface area contributed by atoms with Gasteiger partial charge in [-0.25, -0.2) is 9.18 Å². The van der Waals surface area contributed by atoms with Gasteiger partial charge < -0.3 is 10.2 Å². The first-order chi connectivity index (χ1) is 13.3. The first-order valence-corrected chi connectivity index (χ1v) is 10.1. The molecule has 2 heterocycles. The number of nitrogens with zero attached hydrogens (tertiary/aromatic N) is 1. The first kappa shape index (κ1) is 19.2. The van der Waals surface area contributed by atoms with Gasteiger partial charge in [-0.15, -0.1) is 0 Å². The summed E-state index contributed by atoms with van der Waals surface area (Å²) in [6, 6.07) is 2.63. The average Bonchev–Trinajstić information content (AvgIpc) is 3.45. The highest BCUT2D eigenvalue weighted by Crippen LogP contribution is 2.44. The summed E-state index contributed by atoms with van der Waals surface area (Å²) in [6.07, 6.45) is 2.80. The monoisotopic (exact) mass is 407 g/mol. The van der Waals surface area contributed by atoms with Gasteiger partial charge in [0.1, 0.15) is 11.4 Å². The Hall–Kier alpha value is -2.15. The van der Waals surface area contributed by atoms with E-state index < -0.39 is 17.4 Å². The lowest BCUT2D eigenvalue weighted by molar-refractivity contribution is -0.132. The van der Waals surface area contributed by atoms with Crippen LogP contribution in [0.3, 0.4) is 0 Å². The van der Waals surface area contributed by atoms with E-state index >= 15 is 0 Å². The maximum absolute atomic E-state index is 13.8. The molecule has 8 heteroatoms. The molecule has 2 aliphatic heterocycles. The minimum absolute atomic E-state index is 0.0337. The fourth-order valence-corrected chi connectivity index (χ4v) is 4.66. The van der Waals surface area contributed by atoms with Crippen LogP contribution in [0.1, 0.15) is 49.7 Å². The van der Waals surface area contributed by atoms with Crippen LogP contribution in [0.15, 0.2) is 12.1 Å². The maximum atomic E-state index is 13.8. The molecule has 1 saturated carbocycles. The first-order valence-electron chi connectivity index (χ1n) is 9.69. The van der Waals surface area contributed by atoms with E-state index in [9.17, 15) is 18.8 Å². The number of carbonyl (C=O) groups is 3. The molecule has 2 N–H and O–H groups in total. The number of amides is 4. The van der Waals surface area contributed by atoms with Crippen LogP contribution in [-0.4, -0.2) is 41.4 Å². The third-order valence-corrected chi connectivity index (χ3v) is 6.48. The molecule has 1 aromatic rings. The Morgan fingerprint density at radius 1 is 1.36 bits per heavy atom. The molecule has 0 radical (unpaired) electrons. The number of fused-ring (bicyclic) bond motifs is 1. The zero-order valence-electron chi connectivity index (χ0n) is 15.7. The summed E-state index contributed by atoms with van der Waals surface area (Å²) >= 11 is 5.93.